The van der Waals surface area contributed by atoms with E-state index < -0.39 is 0 Å². The van der Waals surface area contributed by atoms with E-state index in [4.69, 9.17) is 16.3 Å². The van der Waals surface area contributed by atoms with Crippen LogP contribution >= 0.6 is 11.6 Å². The molecular formula is C28H25ClN2O2. The van der Waals surface area contributed by atoms with Gasteiger partial charge in [0.2, 0.25) is 5.91 Å². The van der Waals surface area contributed by atoms with E-state index in [0.29, 0.717) is 11.6 Å². The van der Waals surface area contributed by atoms with E-state index in [9.17, 15) is 4.79 Å². The zero-order valence-electron chi connectivity index (χ0n) is 18.6. The van der Waals surface area contributed by atoms with Gasteiger partial charge in [0.1, 0.15) is 12.4 Å². The van der Waals surface area contributed by atoms with Crippen LogP contribution in [0.15, 0.2) is 84.0 Å². The van der Waals surface area contributed by atoms with Crippen molar-refractivity contribution in [1.82, 2.24) is 5.43 Å². The number of carbonyl (C=O) groups is 1. The van der Waals surface area contributed by atoms with Gasteiger partial charge < -0.3 is 4.74 Å². The number of benzene rings is 4. The second-order valence-corrected chi connectivity index (χ2v) is 8.44. The molecule has 0 aliphatic rings. The van der Waals surface area contributed by atoms with E-state index in [2.05, 4.69) is 10.5 Å². The molecule has 0 aliphatic carbocycles. The number of ether oxygens (including phenoxy) is 1. The summed E-state index contributed by atoms with van der Waals surface area (Å²) < 4.78 is 6.04. The molecule has 1 N–H and O–H groups in total. The Hall–Kier alpha value is -3.63. The second kappa shape index (κ2) is 10.3. The van der Waals surface area contributed by atoms with Gasteiger partial charge in [-0.3, -0.25) is 4.79 Å². The van der Waals surface area contributed by atoms with Crippen molar-refractivity contribution in [1.29, 1.82) is 0 Å². The fraction of sp³-hybridized carbons (Fsp3) is 0.143. The molecular weight excluding hydrogens is 432 g/mol. The molecule has 0 radical (unpaired) electrons. The molecule has 4 rings (SSSR count). The minimum Gasteiger partial charge on any atom is -0.488 e. The van der Waals surface area contributed by atoms with E-state index >= 15 is 0 Å². The Morgan fingerprint density at radius 3 is 2.42 bits per heavy atom. The zero-order valence-corrected chi connectivity index (χ0v) is 19.4. The number of amides is 1. The molecule has 0 aromatic heterocycles. The second-order valence-electron chi connectivity index (χ2n) is 8.01. The van der Waals surface area contributed by atoms with Crippen LogP contribution in [0.25, 0.3) is 10.8 Å². The van der Waals surface area contributed by atoms with Gasteiger partial charge in [-0.05, 0) is 76.7 Å². The van der Waals surface area contributed by atoms with Crippen molar-refractivity contribution in [2.75, 3.05) is 0 Å². The van der Waals surface area contributed by atoms with Gasteiger partial charge in [0.15, 0.2) is 0 Å². The van der Waals surface area contributed by atoms with Crippen molar-refractivity contribution in [3.8, 4) is 5.75 Å². The highest BCUT2D eigenvalue weighted by Crippen LogP contribution is 2.25. The molecule has 0 fully saturated rings. The lowest BCUT2D eigenvalue weighted by atomic mass is 10.0. The molecule has 0 aliphatic heterocycles. The van der Waals surface area contributed by atoms with Crippen LogP contribution < -0.4 is 10.2 Å². The smallest absolute Gasteiger partial charge is 0.244 e. The van der Waals surface area contributed by atoms with Gasteiger partial charge in [-0.2, -0.15) is 5.10 Å². The van der Waals surface area contributed by atoms with Crippen LogP contribution in [-0.2, 0) is 17.8 Å². The summed E-state index contributed by atoms with van der Waals surface area (Å²) in [6.45, 7) is 4.47. The molecule has 5 heteroatoms. The Balaban J connectivity index is 1.37. The van der Waals surface area contributed by atoms with Crippen LogP contribution in [0, 0.1) is 13.8 Å². The van der Waals surface area contributed by atoms with Crippen LogP contribution in [-0.4, -0.2) is 12.1 Å². The molecule has 33 heavy (non-hydrogen) atoms. The number of rotatable bonds is 7. The predicted octanol–water partition coefficient (Wildman–Crippen LogP) is 6.38. The summed E-state index contributed by atoms with van der Waals surface area (Å²) in [5.74, 6) is 0.695. The largest absolute Gasteiger partial charge is 0.488 e. The molecule has 0 bridgehead atoms. The first-order valence-electron chi connectivity index (χ1n) is 10.8. The molecule has 0 unspecified atom stereocenters. The minimum absolute atomic E-state index is 0.154. The molecule has 166 valence electrons. The van der Waals surface area contributed by atoms with E-state index in [1.165, 1.54) is 0 Å². The number of aryl methyl sites for hydroxylation is 2. The number of fused-ring (bicyclic) bond motifs is 1. The molecule has 0 saturated carbocycles. The Bertz CT molecular complexity index is 1290. The van der Waals surface area contributed by atoms with Crippen molar-refractivity contribution in [3.05, 3.63) is 112 Å². The Kier molecular flexibility index (Phi) is 7.06. The highest BCUT2D eigenvalue weighted by atomic mass is 35.5. The fourth-order valence-electron chi connectivity index (χ4n) is 3.86. The fourth-order valence-corrected chi connectivity index (χ4v) is 3.99. The van der Waals surface area contributed by atoms with E-state index in [-0.39, 0.29) is 12.3 Å². The van der Waals surface area contributed by atoms with Crippen molar-refractivity contribution >= 4 is 34.5 Å². The lowest BCUT2D eigenvalue weighted by Crippen LogP contribution is -2.19. The quantitative estimate of drug-likeness (QED) is 0.259. The third-order valence-electron chi connectivity index (χ3n) is 5.41. The SMILES string of the molecule is Cc1cc(/C=N\NC(=O)Cc2cccc3ccccc23)cc(C)c1OCc1ccc(Cl)cc1. The number of halogens is 1. The molecule has 0 heterocycles. The summed E-state index contributed by atoms with van der Waals surface area (Å²) in [6, 6.07) is 25.6. The monoisotopic (exact) mass is 456 g/mol. The average molecular weight is 457 g/mol. The van der Waals surface area contributed by atoms with Gasteiger partial charge in [0.05, 0.1) is 12.6 Å². The Morgan fingerprint density at radius 2 is 1.67 bits per heavy atom. The highest BCUT2D eigenvalue weighted by molar-refractivity contribution is 6.30. The lowest BCUT2D eigenvalue weighted by Gasteiger charge is -2.13. The van der Waals surface area contributed by atoms with Crippen LogP contribution in [0.3, 0.4) is 0 Å². The first kappa shape index (κ1) is 22.6. The lowest BCUT2D eigenvalue weighted by molar-refractivity contribution is -0.120. The van der Waals surface area contributed by atoms with Crippen LogP contribution in [0.2, 0.25) is 5.02 Å². The number of carbonyl (C=O) groups excluding carboxylic acids is 1. The number of hydrazone groups is 1. The van der Waals surface area contributed by atoms with E-state index in [0.717, 1.165) is 44.3 Å². The number of hydrogen-bond donors (Lipinski definition) is 1. The minimum atomic E-state index is -0.154. The van der Waals surface area contributed by atoms with Crippen molar-refractivity contribution < 1.29 is 9.53 Å². The molecule has 0 atom stereocenters. The maximum atomic E-state index is 12.4. The summed E-state index contributed by atoms with van der Waals surface area (Å²) in [5.41, 5.74) is 7.58. The van der Waals surface area contributed by atoms with Gasteiger partial charge >= 0.3 is 0 Å². The topological polar surface area (TPSA) is 50.7 Å². The van der Waals surface area contributed by atoms with Crippen LogP contribution in [0.4, 0.5) is 0 Å². The van der Waals surface area contributed by atoms with E-state index in [1.807, 2.05) is 92.7 Å². The summed E-state index contributed by atoms with van der Waals surface area (Å²) in [7, 11) is 0. The number of hydrogen-bond acceptors (Lipinski definition) is 3. The van der Waals surface area contributed by atoms with Crippen molar-refractivity contribution in [3.63, 3.8) is 0 Å². The third kappa shape index (κ3) is 5.79. The molecule has 1 amide bonds. The standard InChI is InChI=1S/C28H25ClN2O2/c1-19-14-22(15-20(2)28(19)33-18-21-10-12-25(29)13-11-21)17-30-31-27(32)16-24-8-5-7-23-6-3-4-9-26(23)24/h3-15,17H,16,18H2,1-2H3,(H,31,32)/b30-17-. The van der Waals surface area contributed by atoms with Crippen molar-refractivity contribution in [2.45, 2.75) is 26.9 Å². The Morgan fingerprint density at radius 1 is 0.970 bits per heavy atom. The van der Waals surface area contributed by atoms with Gasteiger partial charge in [0.25, 0.3) is 0 Å². The third-order valence-corrected chi connectivity index (χ3v) is 5.66. The van der Waals surface area contributed by atoms with Gasteiger partial charge in [-0.15, -0.1) is 0 Å². The van der Waals surface area contributed by atoms with Gasteiger partial charge in [-0.25, -0.2) is 5.43 Å². The average Bonchev–Trinajstić information content (AvgIpc) is 2.80. The molecule has 4 aromatic rings. The van der Waals surface area contributed by atoms with Crippen LogP contribution in [0.5, 0.6) is 5.75 Å². The normalized spacial score (nSPS) is 11.1. The summed E-state index contributed by atoms with van der Waals surface area (Å²) in [6.07, 6.45) is 1.93. The van der Waals surface area contributed by atoms with Crippen molar-refractivity contribution in [2.24, 2.45) is 5.10 Å². The molecule has 0 saturated heterocycles. The van der Waals surface area contributed by atoms with E-state index in [1.54, 1.807) is 6.21 Å². The van der Waals surface area contributed by atoms with Gasteiger partial charge in [0, 0.05) is 5.02 Å². The summed E-state index contributed by atoms with van der Waals surface area (Å²) in [4.78, 5) is 12.4. The maximum Gasteiger partial charge on any atom is 0.244 e. The first-order chi connectivity index (χ1) is 16.0. The predicted molar refractivity (Wildman–Crippen MR) is 135 cm³/mol. The molecule has 4 nitrogen and oxygen atoms in total. The highest BCUT2D eigenvalue weighted by Gasteiger charge is 2.08. The number of nitrogens with zero attached hydrogens (tertiary/aromatic N) is 1. The maximum absolute atomic E-state index is 12.4. The Labute approximate surface area is 198 Å². The summed E-state index contributed by atoms with van der Waals surface area (Å²) in [5, 5.41) is 7.06. The summed E-state index contributed by atoms with van der Waals surface area (Å²) >= 11 is 5.94. The zero-order chi connectivity index (χ0) is 23.2. The van der Waals surface area contributed by atoms with Crippen LogP contribution in [0.1, 0.15) is 27.8 Å². The van der Waals surface area contributed by atoms with Gasteiger partial charge in [-0.1, -0.05) is 66.2 Å². The first-order valence-corrected chi connectivity index (χ1v) is 11.1. The molecule has 4 aromatic carbocycles. The molecule has 0 spiro atoms. The number of nitrogens with one attached hydrogen (secondary N) is 1.